The Morgan fingerprint density at radius 3 is 2.86 bits per heavy atom. The zero-order chi connectivity index (χ0) is 14.8. The van der Waals surface area contributed by atoms with Gasteiger partial charge in [0.1, 0.15) is 17.2 Å². The van der Waals surface area contributed by atoms with E-state index in [9.17, 15) is 9.18 Å². The Morgan fingerprint density at radius 2 is 2.14 bits per heavy atom. The van der Waals surface area contributed by atoms with Crippen LogP contribution >= 0.6 is 0 Å². The lowest BCUT2D eigenvalue weighted by Crippen LogP contribution is -2.12. The molecule has 2 heterocycles. The Kier molecular flexibility index (Phi) is 3.27. The molecule has 5 nitrogen and oxygen atoms in total. The summed E-state index contributed by atoms with van der Waals surface area (Å²) in [6.45, 7) is 1.67. The lowest BCUT2D eigenvalue weighted by molar-refractivity contribution is 0.102. The molecule has 0 saturated heterocycles. The molecule has 1 amide bonds. The number of amides is 1. The summed E-state index contributed by atoms with van der Waals surface area (Å²) in [7, 11) is 0. The average Bonchev–Trinajstić information content (AvgIpc) is 3.12. The van der Waals surface area contributed by atoms with Gasteiger partial charge in [-0.25, -0.2) is 4.39 Å². The van der Waals surface area contributed by atoms with Gasteiger partial charge < -0.3 is 10.3 Å². The van der Waals surface area contributed by atoms with E-state index in [0.29, 0.717) is 22.6 Å². The molecular weight excluding hydrogens is 271 g/mol. The van der Waals surface area contributed by atoms with E-state index in [1.54, 1.807) is 31.3 Å². The first-order valence-corrected chi connectivity index (χ1v) is 6.40. The molecule has 0 atom stereocenters. The first-order chi connectivity index (χ1) is 10.1. The highest BCUT2D eigenvalue weighted by molar-refractivity contribution is 6.03. The van der Waals surface area contributed by atoms with E-state index < -0.39 is 0 Å². The van der Waals surface area contributed by atoms with Crippen LogP contribution in [-0.4, -0.2) is 21.1 Å². The molecule has 3 aromatic rings. The lowest BCUT2D eigenvalue weighted by Gasteiger charge is -2.04. The number of anilines is 1. The smallest absolute Gasteiger partial charge is 0.273 e. The standard InChI is InChI=1S/C15H13FN4O/c1-9-4-5-10(7-11(9)16)18-15(21)14-8-13(19-20-14)12-3-2-6-17-12/h2-8,17H,1H3,(H,18,21)(H,19,20). The van der Waals surface area contributed by atoms with Crippen molar-refractivity contribution in [3.63, 3.8) is 0 Å². The molecule has 2 aromatic heterocycles. The number of halogens is 1. The molecule has 0 fully saturated rings. The largest absolute Gasteiger partial charge is 0.360 e. The summed E-state index contributed by atoms with van der Waals surface area (Å²) in [5.74, 6) is -0.729. The molecule has 106 valence electrons. The summed E-state index contributed by atoms with van der Waals surface area (Å²) in [4.78, 5) is 15.1. The minimum Gasteiger partial charge on any atom is -0.360 e. The van der Waals surface area contributed by atoms with Gasteiger partial charge in [0.05, 0.1) is 5.69 Å². The highest BCUT2D eigenvalue weighted by atomic mass is 19.1. The second kappa shape index (κ2) is 5.24. The maximum Gasteiger partial charge on any atom is 0.273 e. The molecule has 6 heteroatoms. The Morgan fingerprint density at radius 1 is 1.29 bits per heavy atom. The molecule has 0 aliphatic rings. The first kappa shape index (κ1) is 13.1. The fourth-order valence-corrected chi connectivity index (χ4v) is 1.93. The molecular formula is C15H13FN4O. The Bertz CT molecular complexity index is 777. The van der Waals surface area contributed by atoms with Crippen LogP contribution < -0.4 is 5.32 Å². The van der Waals surface area contributed by atoms with Crippen LogP contribution in [-0.2, 0) is 0 Å². The predicted molar refractivity (Wildman–Crippen MR) is 77.5 cm³/mol. The van der Waals surface area contributed by atoms with Crippen LogP contribution in [0.15, 0.2) is 42.6 Å². The van der Waals surface area contributed by atoms with Crippen molar-refractivity contribution in [1.29, 1.82) is 0 Å². The number of rotatable bonds is 3. The Hall–Kier alpha value is -2.89. The second-order valence-corrected chi connectivity index (χ2v) is 4.67. The third kappa shape index (κ3) is 2.69. The highest BCUT2D eigenvalue weighted by Gasteiger charge is 2.12. The van der Waals surface area contributed by atoms with Gasteiger partial charge >= 0.3 is 0 Å². The van der Waals surface area contributed by atoms with Crippen molar-refractivity contribution in [2.24, 2.45) is 0 Å². The number of benzene rings is 1. The lowest BCUT2D eigenvalue weighted by atomic mass is 10.2. The topological polar surface area (TPSA) is 73.6 Å². The van der Waals surface area contributed by atoms with Gasteiger partial charge in [-0.1, -0.05) is 6.07 Å². The molecule has 1 aromatic carbocycles. The van der Waals surface area contributed by atoms with Gasteiger partial charge in [-0.15, -0.1) is 0 Å². The van der Waals surface area contributed by atoms with Crippen LogP contribution in [0.3, 0.4) is 0 Å². The summed E-state index contributed by atoms with van der Waals surface area (Å²) in [5.41, 5.74) is 2.69. The zero-order valence-corrected chi connectivity index (χ0v) is 11.3. The monoisotopic (exact) mass is 284 g/mol. The van der Waals surface area contributed by atoms with E-state index in [2.05, 4.69) is 20.5 Å². The minimum absolute atomic E-state index is 0.306. The average molecular weight is 284 g/mol. The number of aryl methyl sites for hydroxylation is 1. The van der Waals surface area contributed by atoms with Crippen molar-refractivity contribution >= 4 is 11.6 Å². The molecule has 0 bridgehead atoms. The van der Waals surface area contributed by atoms with Crippen LogP contribution in [0.2, 0.25) is 0 Å². The van der Waals surface area contributed by atoms with Gasteiger partial charge in [-0.05, 0) is 42.8 Å². The highest BCUT2D eigenvalue weighted by Crippen LogP contribution is 2.17. The molecule has 0 aliphatic carbocycles. The molecule has 3 N–H and O–H groups in total. The summed E-state index contributed by atoms with van der Waals surface area (Å²) in [6, 6.07) is 9.88. The molecule has 0 radical (unpaired) electrons. The van der Waals surface area contributed by atoms with Crippen LogP contribution in [0.1, 0.15) is 16.1 Å². The van der Waals surface area contributed by atoms with Gasteiger partial charge in [0.2, 0.25) is 0 Å². The third-order valence-corrected chi connectivity index (χ3v) is 3.13. The third-order valence-electron chi connectivity index (χ3n) is 3.13. The van der Waals surface area contributed by atoms with Gasteiger partial charge in [-0.3, -0.25) is 9.89 Å². The number of nitrogens with zero attached hydrogens (tertiary/aromatic N) is 1. The summed E-state index contributed by atoms with van der Waals surface area (Å²) in [5, 5.41) is 9.35. The number of carbonyl (C=O) groups excluding carboxylic acids is 1. The number of hydrogen-bond donors (Lipinski definition) is 3. The predicted octanol–water partition coefficient (Wildman–Crippen LogP) is 3.10. The number of nitrogens with one attached hydrogen (secondary N) is 3. The van der Waals surface area contributed by atoms with Crippen molar-refractivity contribution in [3.8, 4) is 11.4 Å². The van der Waals surface area contributed by atoms with Gasteiger partial charge in [-0.2, -0.15) is 5.10 Å². The molecule has 0 saturated carbocycles. The fraction of sp³-hybridized carbons (Fsp3) is 0.0667. The molecule has 21 heavy (non-hydrogen) atoms. The van der Waals surface area contributed by atoms with E-state index >= 15 is 0 Å². The van der Waals surface area contributed by atoms with Crippen molar-refractivity contribution in [2.75, 3.05) is 5.32 Å². The van der Waals surface area contributed by atoms with Crippen LogP contribution in [0.5, 0.6) is 0 Å². The van der Waals surface area contributed by atoms with Crippen LogP contribution in [0.25, 0.3) is 11.4 Å². The number of H-pyrrole nitrogens is 2. The normalized spacial score (nSPS) is 10.6. The SMILES string of the molecule is Cc1ccc(NC(=O)c2cc(-c3ccc[nH]3)n[nH]2)cc1F. The Labute approximate surface area is 120 Å². The van der Waals surface area contributed by atoms with E-state index in [0.717, 1.165) is 5.69 Å². The van der Waals surface area contributed by atoms with E-state index in [1.165, 1.54) is 6.07 Å². The number of hydrogen-bond acceptors (Lipinski definition) is 2. The summed E-state index contributed by atoms with van der Waals surface area (Å²) in [6.07, 6.45) is 1.78. The van der Waals surface area contributed by atoms with E-state index in [4.69, 9.17) is 0 Å². The molecule has 0 aliphatic heterocycles. The Balaban J connectivity index is 1.78. The number of aromatic amines is 2. The summed E-state index contributed by atoms with van der Waals surface area (Å²) >= 11 is 0. The van der Waals surface area contributed by atoms with Crippen molar-refractivity contribution in [1.82, 2.24) is 15.2 Å². The maximum atomic E-state index is 13.4. The van der Waals surface area contributed by atoms with Crippen molar-refractivity contribution in [3.05, 3.63) is 59.7 Å². The first-order valence-electron chi connectivity index (χ1n) is 6.40. The van der Waals surface area contributed by atoms with Gasteiger partial charge in [0.25, 0.3) is 5.91 Å². The number of carbonyl (C=O) groups is 1. The van der Waals surface area contributed by atoms with Gasteiger partial charge in [0, 0.05) is 11.9 Å². The maximum absolute atomic E-state index is 13.4. The van der Waals surface area contributed by atoms with Gasteiger partial charge in [0.15, 0.2) is 0 Å². The molecule has 0 spiro atoms. The zero-order valence-electron chi connectivity index (χ0n) is 11.3. The fourth-order valence-electron chi connectivity index (χ4n) is 1.93. The summed E-state index contributed by atoms with van der Waals surface area (Å²) < 4.78 is 13.4. The van der Waals surface area contributed by atoms with Crippen molar-refractivity contribution in [2.45, 2.75) is 6.92 Å². The van der Waals surface area contributed by atoms with E-state index in [-0.39, 0.29) is 11.7 Å². The quantitative estimate of drug-likeness (QED) is 0.691. The second-order valence-electron chi connectivity index (χ2n) is 4.67. The van der Waals surface area contributed by atoms with Crippen LogP contribution in [0.4, 0.5) is 10.1 Å². The molecule has 0 unspecified atom stereocenters. The van der Waals surface area contributed by atoms with Crippen LogP contribution in [0, 0.1) is 12.7 Å². The van der Waals surface area contributed by atoms with Crippen molar-refractivity contribution < 1.29 is 9.18 Å². The number of aromatic nitrogens is 3. The molecule has 3 rings (SSSR count). The van der Waals surface area contributed by atoms with E-state index in [1.807, 2.05) is 12.1 Å². The minimum atomic E-state index is -0.372.